The van der Waals surface area contributed by atoms with Crippen LogP contribution in [0.5, 0.6) is 0 Å². The first kappa shape index (κ1) is 10.5. The second kappa shape index (κ2) is 4.07. The van der Waals surface area contributed by atoms with Crippen LogP contribution in [0.15, 0.2) is 34.9 Å². The first-order chi connectivity index (χ1) is 5.75. The Morgan fingerprint density at radius 1 is 1.23 bits per heavy atom. The summed E-state index contributed by atoms with van der Waals surface area (Å²) in [6.45, 7) is 2.05. The molecule has 13 heavy (non-hydrogen) atoms. The van der Waals surface area contributed by atoms with E-state index in [1.165, 1.54) is 10.9 Å². The number of hydrogen-bond acceptors (Lipinski definition) is 1. The highest BCUT2D eigenvalue weighted by Gasteiger charge is 1.94. The van der Waals surface area contributed by atoms with Crippen molar-refractivity contribution in [3.63, 3.8) is 0 Å². The Labute approximate surface area is 91.7 Å². The summed E-state index contributed by atoms with van der Waals surface area (Å²) in [7, 11) is 0. The molecule has 0 spiro atoms. The van der Waals surface area contributed by atoms with Gasteiger partial charge in [0.1, 0.15) is 0 Å². The number of benzene rings is 1. The summed E-state index contributed by atoms with van der Waals surface area (Å²) in [5.41, 5.74) is 2.24. The summed E-state index contributed by atoms with van der Waals surface area (Å²) in [6.07, 6.45) is 1.89. The Morgan fingerprint density at radius 3 is 2.77 bits per heavy atom. The van der Waals surface area contributed by atoms with E-state index in [-0.39, 0.29) is 12.4 Å². The van der Waals surface area contributed by atoms with Gasteiger partial charge in [0.2, 0.25) is 0 Å². The summed E-state index contributed by atoms with van der Waals surface area (Å²) >= 11 is 3.43. The largest absolute Gasteiger partial charge is 0.256 e. The molecule has 3 heteroatoms. The van der Waals surface area contributed by atoms with Crippen LogP contribution in [0.3, 0.4) is 0 Å². The Balaban J connectivity index is 0.000000845. The lowest BCUT2D eigenvalue weighted by molar-refractivity contribution is 1.33. The van der Waals surface area contributed by atoms with Crippen molar-refractivity contribution in [2.24, 2.45) is 0 Å². The van der Waals surface area contributed by atoms with Gasteiger partial charge in [-0.05, 0) is 36.8 Å². The highest BCUT2D eigenvalue weighted by atomic mass is 79.9. The molecule has 68 valence electrons. The van der Waals surface area contributed by atoms with Gasteiger partial charge in [-0.25, -0.2) is 0 Å². The molecule has 0 aliphatic carbocycles. The molecule has 0 bridgehead atoms. The van der Waals surface area contributed by atoms with Crippen molar-refractivity contribution in [3.8, 4) is 0 Å². The van der Waals surface area contributed by atoms with E-state index >= 15 is 0 Å². The molecular weight excluding hydrogens is 249 g/mol. The van der Waals surface area contributed by atoms with Crippen LogP contribution >= 0.6 is 28.3 Å². The maximum Gasteiger partial charge on any atom is 0.0702 e. The third-order valence-corrected chi connectivity index (χ3v) is 2.27. The fraction of sp³-hybridized carbons (Fsp3) is 0.100. The maximum absolute atomic E-state index is 4.30. The van der Waals surface area contributed by atoms with Crippen LogP contribution in [0.4, 0.5) is 0 Å². The molecule has 0 amide bonds. The van der Waals surface area contributed by atoms with E-state index < -0.39 is 0 Å². The second-order valence-electron chi connectivity index (χ2n) is 2.85. The van der Waals surface area contributed by atoms with E-state index in [2.05, 4.69) is 33.0 Å². The molecule has 0 saturated carbocycles. The average Bonchev–Trinajstić information content (AvgIpc) is 2.03. The van der Waals surface area contributed by atoms with Gasteiger partial charge in [0, 0.05) is 16.1 Å². The zero-order valence-electron chi connectivity index (χ0n) is 7.12. The molecule has 0 aliphatic rings. The smallest absolute Gasteiger partial charge is 0.0702 e. The predicted octanol–water partition coefficient (Wildman–Crippen LogP) is 3.73. The minimum atomic E-state index is 0. The van der Waals surface area contributed by atoms with E-state index in [0.717, 1.165) is 9.99 Å². The highest BCUT2D eigenvalue weighted by molar-refractivity contribution is 9.10. The number of aromatic nitrogens is 1. The number of rotatable bonds is 0. The van der Waals surface area contributed by atoms with Crippen LogP contribution in [-0.4, -0.2) is 4.98 Å². The van der Waals surface area contributed by atoms with Gasteiger partial charge in [-0.2, -0.15) is 0 Å². The molecule has 1 aromatic carbocycles. The lowest BCUT2D eigenvalue weighted by Gasteiger charge is -1.98. The van der Waals surface area contributed by atoms with Gasteiger partial charge in [0.25, 0.3) is 0 Å². The molecule has 1 nitrogen and oxygen atoms in total. The third kappa shape index (κ3) is 2.20. The third-order valence-electron chi connectivity index (χ3n) is 1.78. The van der Waals surface area contributed by atoms with E-state index in [1.54, 1.807) is 0 Å². The first-order valence-corrected chi connectivity index (χ1v) is 4.57. The SMILES string of the molecule is Cc1cnc2ccc(Br)cc2c1.Cl. The van der Waals surface area contributed by atoms with E-state index in [0.29, 0.717) is 0 Å². The predicted molar refractivity (Wildman–Crippen MR) is 61.4 cm³/mol. The van der Waals surface area contributed by atoms with Crippen molar-refractivity contribution >= 4 is 39.2 Å². The van der Waals surface area contributed by atoms with Gasteiger partial charge >= 0.3 is 0 Å². The van der Waals surface area contributed by atoms with Crippen molar-refractivity contribution in [3.05, 3.63) is 40.5 Å². The summed E-state index contributed by atoms with van der Waals surface area (Å²) in [5.74, 6) is 0. The van der Waals surface area contributed by atoms with Crippen molar-refractivity contribution in [2.45, 2.75) is 6.92 Å². The lowest BCUT2D eigenvalue weighted by Crippen LogP contribution is -1.80. The number of fused-ring (bicyclic) bond motifs is 1. The van der Waals surface area contributed by atoms with Crippen LogP contribution in [0.2, 0.25) is 0 Å². The van der Waals surface area contributed by atoms with Gasteiger partial charge in [-0.15, -0.1) is 12.4 Å². The van der Waals surface area contributed by atoms with Crippen LogP contribution in [-0.2, 0) is 0 Å². The van der Waals surface area contributed by atoms with E-state index in [1.807, 2.05) is 25.3 Å². The second-order valence-corrected chi connectivity index (χ2v) is 3.77. The zero-order valence-corrected chi connectivity index (χ0v) is 9.52. The molecule has 0 N–H and O–H groups in total. The minimum absolute atomic E-state index is 0. The molecule has 0 aliphatic heterocycles. The number of pyridine rings is 1. The molecule has 0 fully saturated rings. The quantitative estimate of drug-likeness (QED) is 0.702. The minimum Gasteiger partial charge on any atom is -0.256 e. The normalized spacial score (nSPS) is 9.69. The topological polar surface area (TPSA) is 12.9 Å². The van der Waals surface area contributed by atoms with Crippen LogP contribution in [0, 0.1) is 6.92 Å². The fourth-order valence-corrected chi connectivity index (χ4v) is 1.59. The van der Waals surface area contributed by atoms with Crippen LogP contribution in [0.1, 0.15) is 5.56 Å². The average molecular weight is 259 g/mol. The molecule has 0 atom stereocenters. The lowest BCUT2D eigenvalue weighted by atomic mass is 10.2. The first-order valence-electron chi connectivity index (χ1n) is 3.77. The molecule has 1 heterocycles. The summed E-state index contributed by atoms with van der Waals surface area (Å²) < 4.78 is 1.10. The van der Waals surface area contributed by atoms with Crippen molar-refractivity contribution in [1.29, 1.82) is 0 Å². The fourth-order valence-electron chi connectivity index (χ4n) is 1.21. The molecule has 0 saturated heterocycles. The molecular formula is C10H9BrClN. The maximum atomic E-state index is 4.30. The number of hydrogen-bond donors (Lipinski definition) is 0. The van der Waals surface area contributed by atoms with Gasteiger partial charge in [0.15, 0.2) is 0 Å². The number of aryl methyl sites for hydroxylation is 1. The monoisotopic (exact) mass is 257 g/mol. The number of halogens is 2. The van der Waals surface area contributed by atoms with Gasteiger partial charge in [0.05, 0.1) is 5.52 Å². The molecule has 2 aromatic rings. The van der Waals surface area contributed by atoms with Crippen LogP contribution < -0.4 is 0 Å². The van der Waals surface area contributed by atoms with Crippen molar-refractivity contribution in [2.75, 3.05) is 0 Å². The highest BCUT2D eigenvalue weighted by Crippen LogP contribution is 2.18. The zero-order chi connectivity index (χ0) is 8.55. The Kier molecular flexibility index (Phi) is 3.28. The van der Waals surface area contributed by atoms with Gasteiger partial charge in [-0.1, -0.05) is 15.9 Å². The molecule has 0 unspecified atom stereocenters. The Morgan fingerprint density at radius 2 is 2.00 bits per heavy atom. The van der Waals surface area contributed by atoms with Gasteiger partial charge in [-0.3, -0.25) is 4.98 Å². The van der Waals surface area contributed by atoms with Crippen LogP contribution in [0.25, 0.3) is 10.9 Å². The standard InChI is InChI=1S/C10H8BrN.ClH/c1-7-4-8-5-9(11)2-3-10(8)12-6-7;/h2-6H,1H3;1H. The van der Waals surface area contributed by atoms with Crippen molar-refractivity contribution in [1.82, 2.24) is 4.98 Å². The summed E-state index contributed by atoms with van der Waals surface area (Å²) in [5, 5.41) is 1.18. The molecule has 2 rings (SSSR count). The van der Waals surface area contributed by atoms with E-state index in [4.69, 9.17) is 0 Å². The number of nitrogens with zero attached hydrogens (tertiary/aromatic N) is 1. The van der Waals surface area contributed by atoms with E-state index in [9.17, 15) is 0 Å². The summed E-state index contributed by atoms with van der Waals surface area (Å²) in [4.78, 5) is 4.30. The molecule has 0 radical (unpaired) electrons. The summed E-state index contributed by atoms with van der Waals surface area (Å²) in [6, 6.07) is 8.23. The Hall–Kier alpha value is -0.600. The Bertz CT molecular complexity index is 391. The van der Waals surface area contributed by atoms with Gasteiger partial charge < -0.3 is 0 Å². The van der Waals surface area contributed by atoms with Crippen molar-refractivity contribution < 1.29 is 0 Å². The molecule has 1 aromatic heterocycles.